The molecule has 13 heteroatoms. The van der Waals surface area contributed by atoms with Crippen LogP contribution in [-0.2, 0) is 11.0 Å². The molecular weight excluding hydrogens is 497 g/mol. The predicted octanol–water partition coefficient (Wildman–Crippen LogP) is 3.83. The number of benzene rings is 1. The van der Waals surface area contributed by atoms with Crippen LogP contribution in [0.4, 0.5) is 38.3 Å². The standard InChI is InChI=1S/C22H21ClF5N5O2/c1-11-5-13(22(26,27)28)6-17(30-11)33-16(10-32(21(33)35)9-12-7-29-8-12)20(34)31(2)15-4-3-14(24)18(23)19(15)25/h3-6,12,16,29H,7-10H2,1-2H3. The van der Waals surface area contributed by atoms with Gasteiger partial charge in [-0.25, -0.2) is 18.6 Å². The topological polar surface area (TPSA) is 68.8 Å². The number of aromatic nitrogens is 1. The molecule has 3 amide bonds. The van der Waals surface area contributed by atoms with Crippen molar-refractivity contribution in [3.05, 3.63) is 52.2 Å². The number of urea groups is 1. The van der Waals surface area contributed by atoms with Crippen LogP contribution in [0.2, 0.25) is 5.02 Å². The van der Waals surface area contributed by atoms with Gasteiger partial charge in [0.05, 0.1) is 17.8 Å². The van der Waals surface area contributed by atoms with E-state index in [9.17, 15) is 31.5 Å². The summed E-state index contributed by atoms with van der Waals surface area (Å²) in [5.41, 5.74) is -1.37. The van der Waals surface area contributed by atoms with Gasteiger partial charge in [0, 0.05) is 38.3 Å². The molecule has 35 heavy (non-hydrogen) atoms. The first-order chi connectivity index (χ1) is 16.4. The van der Waals surface area contributed by atoms with Gasteiger partial charge in [0.1, 0.15) is 22.7 Å². The van der Waals surface area contributed by atoms with Gasteiger partial charge in [-0.3, -0.25) is 9.69 Å². The maximum Gasteiger partial charge on any atom is 0.416 e. The summed E-state index contributed by atoms with van der Waals surface area (Å²) in [5.74, 6) is -3.22. The molecule has 0 spiro atoms. The van der Waals surface area contributed by atoms with Gasteiger partial charge >= 0.3 is 12.2 Å². The van der Waals surface area contributed by atoms with Crippen LogP contribution in [0.25, 0.3) is 0 Å². The fourth-order valence-electron chi connectivity index (χ4n) is 4.10. The summed E-state index contributed by atoms with van der Waals surface area (Å²) in [6.45, 7) is 2.79. The second-order valence-electron chi connectivity index (χ2n) is 8.54. The molecule has 0 saturated carbocycles. The predicted molar refractivity (Wildman–Crippen MR) is 118 cm³/mol. The van der Waals surface area contributed by atoms with Crippen molar-refractivity contribution >= 4 is 35.0 Å². The van der Waals surface area contributed by atoms with Gasteiger partial charge in [-0.15, -0.1) is 0 Å². The van der Waals surface area contributed by atoms with E-state index in [-0.39, 0.29) is 36.2 Å². The summed E-state index contributed by atoms with van der Waals surface area (Å²) in [5, 5.41) is 2.26. The monoisotopic (exact) mass is 517 g/mol. The number of pyridine rings is 1. The van der Waals surface area contributed by atoms with Gasteiger partial charge in [-0.05, 0) is 31.2 Å². The third-order valence-electron chi connectivity index (χ3n) is 6.03. The molecule has 2 aliphatic rings. The number of carbonyl (C=O) groups excluding carboxylic acids is 2. The zero-order valence-corrected chi connectivity index (χ0v) is 19.4. The summed E-state index contributed by atoms with van der Waals surface area (Å²) in [6.07, 6.45) is -4.70. The Morgan fingerprint density at radius 1 is 1.26 bits per heavy atom. The molecule has 1 aromatic carbocycles. The van der Waals surface area contributed by atoms with Crippen LogP contribution < -0.4 is 15.1 Å². The molecule has 1 aromatic heterocycles. The van der Waals surface area contributed by atoms with E-state index in [2.05, 4.69) is 10.3 Å². The van der Waals surface area contributed by atoms with Gasteiger partial charge in [0.25, 0.3) is 5.91 Å². The van der Waals surface area contributed by atoms with Gasteiger partial charge < -0.3 is 15.1 Å². The third kappa shape index (κ3) is 4.76. The Kier molecular flexibility index (Phi) is 6.62. The van der Waals surface area contributed by atoms with Crippen LogP contribution in [0.5, 0.6) is 0 Å². The molecule has 2 aromatic rings. The Morgan fingerprint density at radius 3 is 2.54 bits per heavy atom. The number of rotatable bonds is 5. The van der Waals surface area contributed by atoms with Crippen molar-refractivity contribution in [3.8, 4) is 0 Å². The lowest BCUT2D eigenvalue weighted by Gasteiger charge is -2.30. The van der Waals surface area contributed by atoms with Crippen molar-refractivity contribution in [3.63, 3.8) is 0 Å². The van der Waals surface area contributed by atoms with Crippen LogP contribution in [0.1, 0.15) is 11.3 Å². The Morgan fingerprint density at radius 2 is 1.94 bits per heavy atom. The molecular formula is C22H21ClF5N5O2. The lowest BCUT2D eigenvalue weighted by atomic mass is 10.0. The summed E-state index contributed by atoms with van der Waals surface area (Å²) in [4.78, 5) is 33.9. The van der Waals surface area contributed by atoms with E-state index in [0.29, 0.717) is 19.2 Å². The Bertz CT molecular complexity index is 1170. The molecule has 0 radical (unpaired) electrons. The van der Waals surface area contributed by atoms with E-state index >= 15 is 0 Å². The number of halogens is 6. The quantitative estimate of drug-likeness (QED) is 0.483. The van der Waals surface area contributed by atoms with Gasteiger partial charge in [-0.2, -0.15) is 13.2 Å². The van der Waals surface area contributed by atoms with E-state index in [4.69, 9.17) is 11.6 Å². The molecule has 1 unspecified atom stereocenters. The number of alkyl halides is 3. The lowest BCUT2D eigenvalue weighted by molar-refractivity contribution is -0.137. The molecule has 3 heterocycles. The van der Waals surface area contributed by atoms with Crippen molar-refractivity contribution in [1.82, 2.24) is 15.2 Å². The molecule has 7 nitrogen and oxygen atoms in total. The number of nitrogens with one attached hydrogen (secondary N) is 1. The number of carbonyl (C=O) groups is 2. The van der Waals surface area contributed by atoms with Crippen molar-refractivity contribution in [2.45, 2.75) is 19.1 Å². The largest absolute Gasteiger partial charge is 0.416 e. The zero-order chi connectivity index (χ0) is 25.7. The highest BCUT2D eigenvalue weighted by Crippen LogP contribution is 2.35. The molecule has 1 atom stereocenters. The molecule has 0 aliphatic carbocycles. The highest BCUT2D eigenvalue weighted by molar-refractivity contribution is 6.31. The molecule has 1 N–H and O–H groups in total. The Labute approximate surface area is 202 Å². The first kappa shape index (κ1) is 25.1. The highest BCUT2D eigenvalue weighted by atomic mass is 35.5. The summed E-state index contributed by atoms with van der Waals surface area (Å²) in [6, 6.07) is 1.44. The summed E-state index contributed by atoms with van der Waals surface area (Å²) < 4.78 is 68.5. The third-order valence-corrected chi connectivity index (χ3v) is 6.38. The van der Waals surface area contributed by atoms with Gasteiger partial charge in [0.2, 0.25) is 0 Å². The Hall–Kier alpha value is -2.99. The number of nitrogens with zero attached hydrogens (tertiary/aromatic N) is 4. The fourth-order valence-corrected chi connectivity index (χ4v) is 4.26. The normalized spacial score (nSPS) is 18.7. The number of likely N-dealkylation sites (N-methyl/N-ethyl adjacent to an activating group) is 1. The number of hydrogen-bond donors (Lipinski definition) is 1. The fraction of sp³-hybridized carbons (Fsp3) is 0.409. The first-order valence-electron chi connectivity index (χ1n) is 10.6. The molecule has 4 rings (SSSR count). The van der Waals surface area contributed by atoms with Gasteiger partial charge in [0.15, 0.2) is 5.82 Å². The minimum absolute atomic E-state index is 0.000169. The van der Waals surface area contributed by atoms with Crippen molar-refractivity contribution < 1.29 is 31.5 Å². The zero-order valence-electron chi connectivity index (χ0n) is 18.7. The van der Waals surface area contributed by atoms with Crippen molar-refractivity contribution in [2.75, 3.05) is 43.0 Å². The molecule has 2 fully saturated rings. The maximum absolute atomic E-state index is 14.6. The van der Waals surface area contributed by atoms with E-state index in [1.54, 1.807) is 0 Å². The molecule has 188 valence electrons. The van der Waals surface area contributed by atoms with E-state index in [0.717, 1.165) is 28.0 Å². The van der Waals surface area contributed by atoms with Crippen LogP contribution in [-0.4, -0.2) is 61.1 Å². The second-order valence-corrected chi connectivity index (χ2v) is 8.92. The number of aryl methyl sites for hydroxylation is 1. The van der Waals surface area contributed by atoms with E-state index < -0.39 is 46.4 Å². The lowest BCUT2D eigenvalue weighted by Crippen LogP contribution is -2.49. The Balaban J connectivity index is 1.73. The van der Waals surface area contributed by atoms with E-state index in [1.165, 1.54) is 18.9 Å². The number of hydrogen-bond acceptors (Lipinski definition) is 4. The molecule has 2 aliphatic heterocycles. The van der Waals surface area contributed by atoms with Crippen molar-refractivity contribution in [1.29, 1.82) is 0 Å². The summed E-state index contributed by atoms with van der Waals surface area (Å²) >= 11 is 5.64. The number of amides is 3. The summed E-state index contributed by atoms with van der Waals surface area (Å²) in [7, 11) is 1.21. The van der Waals surface area contributed by atoms with Crippen LogP contribution >= 0.6 is 11.6 Å². The minimum atomic E-state index is -4.70. The van der Waals surface area contributed by atoms with Crippen molar-refractivity contribution in [2.24, 2.45) is 5.92 Å². The SMILES string of the molecule is Cc1cc(C(F)(F)F)cc(N2C(=O)N(CC3CNC3)CC2C(=O)N(C)c2ccc(F)c(Cl)c2F)n1. The van der Waals surface area contributed by atoms with Crippen LogP contribution in [0.15, 0.2) is 24.3 Å². The maximum atomic E-state index is 14.6. The average molecular weight is 518 g/mol. The molecule has 2 saturated heterocycles. The highest BCUT2D eigenvalue weighted by Gasteiger charge is 2.46. The smallest absolute Gasteiger partial charge is 0.321 e. The minimum Gasteiger partial charge on any atom is -0.321 e. The van der Waals surface area contributed by atoms with Gasteiger partial charge in [-0.1, -0.05) is 11.6 Å². The number of anilines is 2. The first-order valence-corrected chi connectivity index (χ1v) is 11.0. The average Bonchev–Trinajstić information content (AvgIpc) is 3.08. The van der Waals surface area contributed by atoms with Crippen LogP contribution in [0.3, 0.4) is 0 Å². The van der Waals surface area contributed by atoms with Crippen LogP contribution in [0, 0.1) is 24.5 Å². The second kappa shape index (κ2) is 9.23. The molecule has 0 bridgehead atoms. The van der Waals surface area contributed by atoms with E-state index in [1.807, 2.05) is 0 Å².